The standard InChI is InChI=1S/C10H18O/c1-5-8(3)7-9(4)10(11)6-2/h5,8-9H,1,6-7H2,2-4H3. The predicted molar refractivity (Wildman–Crippen MR) is 48.4 cm³/mol. The summed E-state index contributed by atoms with van der Waals surface area (Å²) in [4.78, 5) is 11.1. The van der Waals surface area contributed by atoms with Crippen molar-refractivity contribution in [2.75, 3.05) is 0 Å². The third kappa shape index (κ3) is 3.97. The summed E-state index contributed by atoms with van der Waals surface area (Å²) in [6.45, 7) is 9.68. The van der Waals surface area contributed by atoms with Gasteiger partial charge in [0, 0.05) is 12.3 Å². The molecule has 2 unspecified atom stereocenters. The van der Waals surface area contributed by atoms with Gasteiger partial charge in [0.1, 0.15) is 5.78 Å². The molecular weight excluding hydrogens is 136 g/mol. The van der Waals surface area contributed by atoms with Crippen LogP contribution < -0.4 is 0 Å². The fourth-order valence-electron chi connectivity index (χ4n) is 1.13. The average molecular weight is 154 g/mol. The van der Waals surface area contributed by atoms with Crippen LogP contribution in [-0.2, 0) is 4.79 Å². The molecule has 0 aromatic heterocycles. The fourth-order valence-corrected chi connectivity index (χ4v) is 1.13. The zero-order valence-corrected chi connectivity index (χ0v) is 7.76. The maximum atomic E-state index is 11.1. The molecule has 11 heavy (non-hydrogen) atoms. The Hall–Kier alpha value is -0.590. The first-order valence-electron chi connectivity index (χ1n) is 4.27. The van der Waals surface area contributed by atoms with Crippen LogP contribution >= 0.6 is 0 Å². The van der Waals surface area contributed by atoms with Gasteiger partial charge in [0.25, 0.3) is 0 Å². The van der Waals surface area contributed by atoms with Crippen LogP contribution in [0.15, 0.2) is 12.7 Å². The van der Waals surface area contributed by atoms with Gasteiger partial charge in [0.2, 0.25) is 0 Å². The van der Waals surface area contributed by atoms with Crippen molar-refractivity contribution in [3.05, 3.63) is 12.7 Å². The Kier molecular flexibility index (Phi) is 4.84. The number of allylic oxidation sites excluding steroid dienone is 1. The van der Waals surface area contributed by atoms with E-state index < -0.39 is 0 Å². The molecule has 0 spiro atoms. The number of rotatable bonds is 5. The molecule has 0 aliphatic carbocycles. The van der Waals surface area contributed by atoms with E-state index in [1.807, 2.05) is 19.9 Å². The second-order valence-electron chi connectivity index (χ2n) is 3.17. The van der Waals surface area contributed by atoms with Crippen molar-refractivity contribution in [3.63, 3.8) is 0 Å². The molecule has 0 aromatic rings. The lowest BCUT2D eigenvalue weighted by Crippen LogP contribution is -2.11. The average Bonchev–Trinajstić information content (AvgIpc) is 2.02. The van der Waals surface area contributed by atoms with E-state index in [4.69, 9.17) is 0 Å². The van der Waals surface area contributed by atoms with Gasteiger partial charge in [-0.15, -0.1) is 6.58 Å². The van der Waals surface area contributed by atoms with Crippen LogP contribution in [-0.4, -0.2) is 5.78 Å². The van der Waals surface area contributed by atoms with E-state index in [-0.39, 0.29) is 5.92 Å². The van der Waals surface area contributed by atoms with E-state index in [0.29, 0.717) is 18.1 Å². The summed E-state index contributed by atoms with van der Waals surface area (Å²) in [6, 6.07) is 0. The van der Waals surface area contributed by atoms with Crippen LogP contribution in [0.2, 0.25) is 0 Å². The SMILES string of the molecule is C=CC(C)CC(C)C(=O)CC. The summed E-state index contributed by atoms with van der Waals surface area (Å²) in [5.74, 6) is 1.02. The first-order valence-corrected chi connectivity index (χ1v) is 4.27. The zero-order valence-electron chi connectivity index (χ0n) is 7.76. The first kappa shape index (κ1) is 10.4. The number of carbonyl (C=O) groups excluding carboxylic acids is 1. The number of hydrogen-bond donors (Lipinski definition) is 0. The van der Waals surface area contributed by atoms with Crippen LogP contribution in [0.1, 0.15) is 33.6 Å². The smallest absolute Gasteiger partial charge is 0.135 e. The molecule has 0 rings (SSSR count). The Balaban J connectivity index is 3.76. The van der Waals surface area contributed by atoms with Crippen molar-refractivity contribution in [2.45, 2.75) is 33.6 Å². The number of hydrogen-bond acceptors (Lipinski definition) is 1. The van der Waals surface area contributed by atoms with Crippen LogP contribution in [0.25, 0.3) is 0 Å². The van der Waals surface area contributed by atoms with Gasteiger partial charge in [-0.25, -0.2) is 0 Å². The van der Waals surface area contributed by atoms with Crippen molar-refractivity contribution in [1.29, 1.82) is 0 Å². The predicted octanol–water partition coefficient (Wildman–Crippen LogP) is 2.81. The second-order valence-corrected chi connectivity index (χ2v) is 3.17. The van der Waals surface area contributed by atoms with E-state index in [2.05, 4.69) is 13.5 Å². The molecule has 0 aliphatic heterocycles. The molecule has 0 saturated carbocycles. The minimum Gasteiger partial charge on any atom is -0.299 e. The lowest BCUT2D eigenvalue weighted by Gasteiger charge is -2.11. The van der Waals surface area contributed by atoms with Crippen LogP contribution in [0.5, 0.6) is 0 Å². The van der Waals surface area contributed by atoms with Gasteiger partial charge in [-0.2, -0.15) is 0 Å². The number of Topliss-reactive ketones (excluding diaryl/α,β-unsaturated/α-hetero) is 1. The Morgan fingerprint density at radius 2 is 2.09 bits per heavy atom. The topological polar surface area (TPSA) is 17.1 Å². The quantitative estimate of drug-likeness (QED) is 0.556. The van der Waals surface area contributed by atoms with E-state index >= 15 is 0 Å². The van der Waals surface area contributed by atoms with Crippen molar-refractivity contribution >= 4 is 5.78 Å². The molecule has 1 nitrogen and oxygen atoms in total. The maximum absolute atomic E-state index is 11.1. The van der Waals surface area contributed by atoms with E-state index in [0.717, 1.165) is 6.42 Å². The van der Waals surface area contributed by atoms with Crippen molar-refractivity contribution in [1.82, 2.24) is 0 Å². The lowest BCUT2D eigenvalue weighted by atomic mass is 9.93. The van der Waals surface area contributed by atoms with Gasteiger partial charge in [-0.05, 0) is 12.3 Å². The highest BCUT2D eigenvalue weighted by molar-refractivity contribution is 5.80. The third-order valence-electron chi connectivity index (χ3n) is 2.03. The molecule has 2 atom stereocenters. The summed E-state index contributed by atoms with van der Waals surface area (Å²) >= 11 is 0. The normalized spacial score (nSPS) is 15.5. The highest BCUT2D eigenvalue weighted by atomic mass is 16.1. The molecule has 0 amide bonds. The van der Waals surface area contributed by atoms with Gasteiger partial charge in [-0.1, -0.05) is 26.8 Å². The number of ketones is 1. The summed E-state index contributed by atoms with van der Waals surface area (Å²) < 4.78 is 0. The van der Waals surface area contributed by atoms with Crippen LogP contribution in [0.4, 0.5) is 0 Å². The number of carbonyl (C=O) groups is 1. The highest BCUT2D eigenvalue weighted by Gasteiger charge is 2.12. The summed E-state index contributed by atoms with van der Waals surface area (Å²) in [7, 11) is 0. The summed E-state index contributed by atoms with van der Waals surface area (Å²) in [5, 5.41) is 0. The Bertz CT molecular complexity index is 138. The van der Waals surface area contributed by atoms with Crippen LogP contribution in [0.3, 0.4) is 0 Å². The van der Waals surface area contributed by atoms with Crippen molar-refractivity contribution in [2.24, 2.45) is 11.8 Å². The van der Waals surface area contributed by atoms with E-state index in [1.54, 1.807) is 0 Å². The van der Waals surface area contributed by atoms with Gasteiger partial charge in [-0.3, -0.25) is 4.79 Å². The molecule has 0 saturated heterocycles. The molecule has 0 aromatic carbocycles. The minimum atomic E-state index is 0.202. The Labute approximate surface area is 69.5 Å². The summed E-state index contributed by atoms with van der Waals surface area (Å²) in [6.07, 6.45) is 3.50. The van der Waals surface area contributed by atoms with Gasteiger partial charge in [0.15, 0.2) is 0 Å². The minimum absolute atomic E-state index is 0.202. The zero-order chi connectivity index (χ0) is 8.85. The van der Waals surface area contributed by atoms with Gasteiger partial charge in [0.05, 0.1) is 0 Å². The Morgan fingerprint density at radius 1 is 1.55 bits per heavy atom. The van der Waals surface area contributed by atoms with Gasteiger partial charge >= 0.3 is 0 Å². The molecule has 0 fully saturated rings. The third-order valence-corrected chi connectivity index (χ3v) is 2.03. The summed E-state index contributed by atoms with van der Waals surface area (Å²) in [5.41, 5.74) is 0. The maximum Gasteiger partial charge on any atom is 0.135 e. The highest BCUT2D eigenvalue weighted by Crippen LogP contribution is 2.14. The second kappa shape index (κ2) is 5.11. The monoisotopic (exact) mass is 154 g/mol. The molecule has 64 valence electrons. The van der Waals surface area contributed by atoms with Gasteiger partial charge < -0.3 is 0 Å². The molecule has 0 radical (unpaired) electrons. The van der Waals surface area contributed by atoms with Crippen molar-refractivity contribution in [3.8, 4) is 0 Å². The van der Waals surface area contributed by atoms with E-state index in [1.165, 1.54) is 0 Å². The molecular formula is C10H18O. The fraction of sp³-hybridized carbons (Fsp3) is 0.700. The Morgan fingerprint density at radius 3 is 2.45 bits per heavy atom. The molecule has 0 aliphatic rings. The lowest BCUT2D eigenvalue weighted by molar-refractivity contribution is -0.122. The first-order chi connectivity index (χ1) is 5.11. The molecule has 0 bridgehead atoms. The molecule has 1 heteroatoms. The van der Waals surface area contributed by atoms with E-state index in [9.17, 15) is 4.79 Å². The molecule has 0 N–H and O–H groups in total. The largest absolute Gasteiger partial charge is 0.299 e. The van der Waals surface area contributed by atoms with Crippen molar-refractivity contribution < 1.29 is 4.79 Å². The van der Waals surface area contributed by atoms with Crippen LogP contribution in [0, 0.1) is 11.8 Å². The molecule has 0 heterocycles.